The molecule has 2 aromatic rings. The first-order chi connectivity index (χ1) is 8.99. The van der Waals surface area contributed by atoms with Gasteiger partial charge in [-0.1, -0.05) is 0 Å². The van der Waals surface area contributed by atoms with E-state index < -0.39 is 0 Å². The maximum atomic E-state index is 13.5. The van der Waals surface area contributed by atoms with Crippen molar-refractivity contribution in [2.24, 2.45) is 0 Å². The molecule has 2 rings (SSSR count). The zero-order valence-electron chi connectivity index (χ0n) is 10.4. The first-order valence-corrected chi connectivity index (χ1v) is 6.20. The molecule has 0 spiro atoms. The highest BCUT2D eigenvalue weighted by Crippen LogP contribution is 2.27. The highest BCUT2D eigenvalue weighted by molar-refractivity contribution is 9.10. The van der Waals surface area contributed by atoms with Gasteiger partial charge in [0, 0.05) is 11.8 Å². The Labute approximate surface area is 118 Å². The normalized spacial score (nSPS) is 10.3. The van der Waals surface area contributed by atoms with Gasteiger partial charge in [-0.2, -0.15) is 9.97 Å². The van der Waals surface area contributed by atoms with Crippen LogP contribution in [0.25, 0.3) is 0 Å². The van der Waals surface area contributed by atoms with Crippen molar-refractivity contribution in [3.8, 4) is 5.88 Å². The van der Waals surface area contributed by atoms with Gasteiger partial charge in [0.2, 0.25) is 11.8 Å². The molecule has 0 atom stereocenters. The second kappa shape index (κ2) is 5.40. The third-order valence-electron chi connectivity index (χ3n) is 2.46. The molecule has 0 aliphatic carbocycles. The van der Waals surface area contributed by atoms with Crippen molar-refractivity contribution >= 4 is 33.4 Å². The number of aromatic nitrogens is 2. The maximum Gasteiger partial charge on any atom is 0.225 e. The van der Waals surface area contributed by atoms with Crippen LogP contribution in [0.5, 0.6) is 5.88 Å². The van der Waals surface area contributed by atoms with Gasteiger partial charge in [-0.25, -0.2) is 4.39 Å². The molecule has 0 aliphatic rings. The van der Waals surface area contributed by atoms with E-state index in [4.69, 9.17) is 10.5 Å². The van der Waals surface area contributed by atoms with Crippen molar-refractivity contribution in [1.29, 1.82) is 0 Å². The number of nitrogens with zero attached hydrogens (tertiary/aromatic N) is 2. The molecule has 5 nitrogen and oxygen atoms in total. The summed E-state index contributed by atoms with van der Waals surface area (Å²) in [4.78, 5) is 7.88. The van der Waals surface area contributed by atoms with Crippen LogP contribution in [-0.2, 0) is 0 Å². The summed E-state index contributed by atoms with van der Waals surface area (Å²) in [6, 6.07) is 4.64. The summed E-state index contributed by atoms with van der Waals surface area (Å²) < 4.78 is 18.9. The molecule has 3 N–H and O–H groups in total. The summed E-state index contributed by atoms with van der Waals surface area (Å²) in [7, 11) is 1.48. The van der Waals surface area contributed by atoms with E-state index in [9.17, 15) is 4.39 Å². The molecule has 100 valence electrons. The third kappa shape index (κ3) is 3.11. The van der Waals surface area contributed by atoms with Crippen LogP contribution in [0.15, 0.2) is 22.7 Å². The summed E-state index contributed by atoms with van der Waals surface area (Å²) in [5, 5.41) is 2.98. The zero-order chi connectivity index (χ0) is 14.0. The number of rotatable bonds is 3. The molecule has 0 bridgehead atoms. The van der Waals surface area contributed by atoms with Crippen molar-refractivity contribution in [3.63, 3.8) is 0 Å². The molecule has 0 aliphatic heterocycles. The number of benzene rings is 1. The number of hydrogen-bond donors (Lipinski definition) is 2. The molecule has 1 aromatic heterocycles. The first-order valence-electron chi connectivity index (χ1n) is 5.41. The second-order valence-corrected chi connectivity index (χ2v) is 4.71. The number of aryl methyl sites for hydroxylation is 1. The van der Waals surface area contributed by atoms with Crippen LogP contribution in [0.3, 0.4) is 0 Å². The Morgan fingerprint density at radius 1 is 1.32 bits per heavy atom. The van der Waals surface area contributed by atoms with Gasteiger partial charge < -0.3 is 15.8 Å². The minimum atomic E-state index is -0.359. The largest absolute Gasteiger partial charge is 0.481 e. The molecule has 1 heterocycles. The van der Waals surface area contributed by atoms with Crippen molar-refractivity contribution in [2.45, 2.75) is 6.92 Å². The monoisotopic (exact) mass is 326 g/mol. The minimum absolute atomic E-state index is 0.0806. The summed E-state index contributed by atoms with van der Waals surface area (Å²) in [5.41, 5.74) is 7.02. The molecular formula is C12H12BrFN4O. The number of hydrogen-bond acceptors (Lipinski definition) is 5. The van der Waals surface area contributed by atoms with E-state index in [1.807, 2.05) is 6.92 Å². The van der Waals surface area contributed by atoms with Gasteiger partial charge in [-0.15, -0.1) is 0 Å². The van der Waals surface area contributed by atoms with E-state index in [1.54, 1.807) is 12.1 Å². The standard InChI is InChI=1S/C12H12BrFN4O/c1-6-3-7(13)8(14)4-9(6)16-10-5-11(19-2)18-12(15)17-10/h3-5H,1-2H3,(H3,15,16,17,18). The van der Waals surface area contributed by atoms with E-state index in [-0.39, 0.29) is 11.8 Å². The smallest absolute Gasteiger partial charge is 0.225 e. The Morgan fingerprint density at radius 3 is 2.74 bits per heavy atom. The van der Waals surface area contributed by atoms with Crippen LogP contribution in [0.1, 0.15) is 5.56 Å². The van der Waals surface area contributed by atoms with Gasteiger partial charge in [-0.3, -0.25) is 0 Å². The van der Waals surface area contributed by atoms with Gasteiger partial charge in [0.15, 0.2) is 0 Å². The fourth-order valence-corrected chi connectivity index (χ4v) is 1.99. The van der Waals surface area contributed by atoms with Gasteiger partial charge in [0.25, 0.3) is 0 Å². The van der Waals surface area contributed by atoms with Gasteiger partial charge in [-0.05, 0) is 40.5 Å². The molecule has 0 unspecified atom stereocenters. The number of anilines is 3. The first kappa shape index (κ1) is 13.5. The van der Waals surface area contributed by atoms with E-state index in [1.165, 1.54) is 13.2 Å². The molecule has 0 saturated carbocycles. The van der Waals surface area contributed by atoms with Crippen molar-refractivity contribution in [2.75, 3.05) is 18.2 Å². The lowest BCUT2D eigenvalue weighted by Crippen LogP contribution is -2.03. The Bertz CT molecular complexity index is 621. The van der Waals surface area contributed by atoms with Crippen LogP contribution in [-0.4, -0.2) is 17.1 Å². The molecule has 0 radical (unpaired) electrons. The lowest BCUT2D eigenvalue weighted by Gasteiger charge is -2.11. The molecule has 7 heteroatoms. The SMILES string of the molecule is COc1cc(Nc2cc(F)c(Br)cc2C)nc(N)n1. The lowest BCUT2D eigenvalue weighted by atomic mass is 10.2. The molecule has 0 amide bonds. The Balaban J connectivity index is 2.36. The Morgan fingerprint density at radius 2 is 2.05 bits per heavy atom. The topological polar surface area (TPSA) is 73.1 Å². The van der Waals surface area contributed by atoms with Crippen molar-refractivity contribution in [1.82, 2.24) is 9.97 Å². The summed E-state index contributed by atoms with van der Waals surface area (Å²) >= 11 is 3.13. The van der Waals surface area contributed by atoms with E-state index >= 15 is 0 Å². The lowest BCUT2D eigenvalue weighted by molar-refractivity contribution is 0.398. The summed E-state index contributed by atoms with van der Waals surface area (Å²) in [6.07, 6.45) is 0. The highest BCUT2D eigenvalue weighted by atomic mass is 79.9. The van der Waals surface area contributed by atoms with Crippen molar-refractivity contribution < 1.29 is 9.13 Å². The van der Waals surface area contributed by atoms with Crippen LogP contribution in [0.4, 0.5) is 21.8 Å². The van der Waals surface area contributed by atoms with Gasteiger partial charge in [0.05, 0.1) is 11.6 Å². The quantitative estimate of drug-likeness (QED) is 0.907. The van der Waals surface area contributed by atoms with Crippen molar-refractivity contribution in [3.05, 3.63) is 34.1 Å². The van der Waals surface area contributed by atoms with Crippen LogP contribution in [0.2, 0.25) is 0 Å². The van der Waals surface area contributed by atoms with E-state index in [0.29, 0.717) is 21.9 Å². The molecule has 0 saturated heterocycles. The molecular weight excluding hydrogens is 315 g/mol. The average molecular weight is 327 g/mol. The molecule has 19 heavy (non-hydrogen) atoms. The van der Waals surface area contributed by atoms with E-state index in [0.717, 1.165) is 5.56 Å². The Kier molecular flexibility index (Phi) is 3.84. The molecule has 0 fully saturated rings. The average Bonchev–Trinajstić information content (AvgIpc) is 2.35. The van der Waals surface area contributed by atoms with Gasteiger partial charge in [0.1, 0.15) is 11.6 Å². The Hall–Kier alpha value is -1.89. The number of nitrogen functional groups attached to an aromatic ring is 1. The van der Waals surface area contributed by atoms with Gasteiger partial charge >= 0.3 is 0 Å². The predicted molar refractivity (Wildman–Crippen MR) is 75.1 cm³/mol. The predicted octanol–water partition coefficient (Wildman–Crippen LogP) is 3.02. The highest BCUT2D eigenvalue weighted by Gasteiger charge is 2.08. The zero-order valence-corrected chi connectivity index (χ0v) is 12.0. The van der Waals surface area contributed by atoms with Crippen LogP contribution < -0.4 is 15.8 Å². The summed E-state index contributed by atoms with van der Waals surface area (Å²) in [6.45, 7) is 1.86. The van der Waals surface area contributed by atoms with Crippen LogP contribution in [0, 0.1) is 12.7 Å². The summed E-state index contributed by atoms with van der Waals surface area (Å²) in [5.74, 6) is 0.499. The second-order valence-electron chi connectivity index (χ2n) is 3.86. The maximum absolute atomic E-state index is 13.5. The fourth-order valence-electron chi connectivity index (χ4n) is 1.53. The number of nitrogens with one attached hydrogen (secondary N) is 1. The third-order valence-corrected chi connectivity index (χ3v) is 3.07. The minimum Gasteiger partial charge on any atom is -0.481 e. The number of nitrogens with two attached hydrogens (primary N) is 1. The fraction of sp³-hybridized carbons (Fsp3) is 0.167. The van der Waals surface area contributed by atoms with E-state index in [2.05, 4.69) is 31.2 Å². The number of ether oxygens (including phenoxy) is 1. The molecule has 1 aromatic carbocycles. The number of halogens is 2. The van der Waals surface area contributed by atoms with Crippen LogP contribution >= 0.6 is 15.9 Å². The number of methoxy groups -OCH3 is 1.